The van der Waals surface area contributed by atoms with Crippen LogP contribution in [0.3, 0.4) is 0 Å². The molecule has 0 radical (unpaired) electrons. The van der Waals surface area contributed by atoms with Gasteiger partial charge in [-0.2, -0.15) is 0 Å². The van der Waals surface area contributed by atoms with Gasteiger partial charge in [-0.15, -0.1) is 11.3 Å². The molecule has 5 heteroatoms. The van der Waals surface area contributed by atoms with E-state index in [0.29, 0.717) is 18.2 Å². The van der Waals surface area contributed by atoms with E-state index in [1.807, 2.05) is 29.6 Å². The average Bonchev–Trinajstić information content (AvgIpc) is 2.72. The predicted octanol–water partition coefficient (Wildman–Crippen LogP) is 4.20. The van der Waals surface area contributed by atoms with E-state index in [2.05, 4.69) is 15.9 Å². The molecule has 0 aliphatic rings. The molecule has 0 fully saturated rings. The fourth-order valence-corrected chi connectivity index (χ4v) is 3.06. The van der Waals surface area contributed by atoms with Crippen LogP contribution in [0.25, 0.3) is 0 Å². The number of rotatable bonds is 4. The number of thiophene rings is 1. The summed E-state index contributed by atoms with van der Waals surface area (Å²) < 4.78 is 6.81. The van der Waals surface area contributed by atoms with Crippen molar-refractivity contribution < 1.29 is 4.74 Å². The second-order valence-corrected chi connectivity index (χ2v) is 5.76. The Labute approximate surface area is 117 Å². The third-order valence-corrected chi connectivity index (χ3v) is 4.30. The molecule has 0 unspecified atom stereocenters. The van der Waals surface area contributed by atoms with Crippen molar-refractivity contribution >= 4 is 38.9 Å². The SMILES string of the molecule is NCc1c(Cl)cccc1OCc1cc(Br)cs1. The van der Waals surface area contributed by atoms with Gasteiger partial charge in [0.05, 0.1) is 0 Å². The minimum Gasteiger partial charge on any atom is -0.488 e. The first-order valence-corrected chi connectivity index (χ1v) is 7.09. The zero-order chi connectivity index (χ0) is 12.3. The van der Waals surface area contributed by atoms with Crippen LogP contribution in [0.1, 0.15) is 10.4 Å². The highest BCUT2D eigenvalue weighted by Gasteiger charge is 2.07. The van der Waals surface area contributed by atoms with E-state index in [1.54, 1.807) is 11.3 Å². The number of hydrogen-bond acceptors (Lipinski definition) is 3. The van der Waals surface area contributed by atoms with Crippen LogP contribution in [-0.2, 0) is 13.2 Å². The van der Waals surface area contributed by atoms with Crippen molar-refractivity contribution in [3.8, 4) is 5.75 Å². The summed E-state index contributed by atoms with van der Waals surface area (Å²) in [7, 11) is 0. The van der Waals surface area contributed by atoms with Crippen LogP contribution in [0.2, 0.25) is 5.02 Å². The molecule has 90 valence electrons. The lowest BCUT2D eigenvalue weighted by Gasteiger charge is -2.10. The van der Waals surface area contributed by atoms with Crippen molar-refractivity contribution in [2.24, 2.45) is 5.73 Å². The molecule has 0 atom stereocenters. The Balaban J connectivity index is 2.11. The van der Waals surface area contributed by atoms with Gasteiger partial charge in [-0.25, -0.2) is 0 Å². The van der Waals surface area contributed by atoms with Crippen molar-refractivity contribution in [3.05, 3.63) is 49.6 Å². The minimum absolute atomic E-state index is 0.378. The van der Waals surface area contributed by atoms with E-state index in [4.69, 9.17) is 22.1 Å². The first-order valence-electron chi connectivity index (χ1n) is 5.04. The van der Waals surface area contributed by atoms with Gasteiger partial charge in [-0.05, 0) is 34.1 Å². The van der Waals surface area contributed by atoms with Gasteiger partial charge < -0.3 is 10.5 Å². The second kappa shape index (κ2) is 5.87. The Morgan fingerprint density at radius 1 is 1.41 bits per heavy atom. The van der Waals surface area contributed by atoms with E-state index in [1.165, 1.54) is 0 Å². The van der Waals surface area contributed by atoms with Gasteiger partial charge in [0.15, 0.2) is 0 Å². The Bertz CT molecular complexity index is 515. The van der Waals surface area contributed by atoms with Crippen molar-refractivity contribution in [2.75, 3.05) is 0 Å². The zero-order valence-corrected chi connectivity index (χ0v) is 12.1. The number of halogens is 2. The van der Waals surface area contributed by atoms with Crippen molar-refractivity contribution in [2.45, 2.75) is 13.2 Å². The lowest BCUT2D eigenvalue weighted by atomic mass is 10.2. The highest BCUT2D eigenvalue weighted by Crippen LogP contribution is 2.27. The number of ether oxygens (including phenoxy) is 1. The number of benzene rings is 1. The van der Waals surface area contributed by atoms with Gasteiger partial charge in [-0.3, -0.25) is 0 Å². The van der Waals surface area contributed by atoms with E-state index in [9.17, 15) is 0 Å². The van der Waals surface area contributed by atoms with Crippen molar-refractivity contribution in [3.63, 3.8) is 0 Å². The van der Waals surface area contributed by atoms with Gasteiger partial charge in [0, 0.05) is 31.9 Å². The second-order valence-electron chi connectivity index (χ2n) is 3.44. The van der Waals surface area contributed by atoms with Gasteiger partial charge in [0.25, 0.3) is 0 Å². The number of hydrogen-bond donors (Lipinski definition) is 1. The summed E-state index contributed by atoms with van der Waals surface area (Å²) >= 11 is 11.1. The van der Waals surface area contributed by atoms with Crippen LogP contribution in [0.4, 0.5) is 0 Å². The first-order chi connectivity index (χ1) is 8.20. The van der Waals surface area contributed by atoms with E-state index < -0.39 is 0 Å². The van der Waals surface area contributed by atoms with E-state index in [-0.39, 0.29) is 0 Å². The average molecular weight is 333 g/mol. The molecule has 0 aliphatic heterocycles. The largest absolute Gasteiger partial charge is 0.488 e. The van der Waals surface area contributed by atoms with Crippen LogP contribution in [0.5, 0.6) is 5.75 Å². The summed E-state index contributed by atoms with van der Waals surface area (Å²) in [4.78, 5) is 1.15. The van der Waals surface area contributed by atoms with Crippen LogP contribution in [0, 0.1) is 0 Å². The van der Waals surface area contributed by atoms with Gasteiger partial charge in [0.2, 0.25) is 0 Å². The Morgan fingerprint density at radius 2 is 2.24 bits per heavy atom. The summed E-state index contributed by atoms with van der Waals surface area (Å²) in [6.07, 6.45) is 0. The molecule has 0 bridgehead atoms. The minimum atomic E-state index is 0.378. The molecule has 17 heavy (non-hydrogen) atoms. The monoisotopic (exact) mass is 331 g/mol. The molecular weight excluding hydrogens is 322 g/mol. The molecule has 0 aliphatic carbocycles. The van der Waals surface area contributed by atoms with E-state index >= 15 is 0 Å². The molecule has 2 nitrogen and oxygen atoms in total. The maximum Gasteiger partial charge on any atom is 0.125 e. The fraction of sp³-hybridized carbons (Fsp3) is 0.167. The third-order valence-electron chi connectivity index (χ3n) is 2.27. The van der Waals surface area contributed by atoms with Gasteiger partial charge in [0.1, 0.15) is 12.4 Å². The van der Waals surface area contributed by atoms with Crippen molar-refractivity contribution in [1.82, 2.24) is 0 Å². The quantitative estimate of drug-likeness (QED) is 0.910. The lowest BCUT2D eigenvalue weighted by molar-refractivity contribution is 0.306. The topological polar surface area (TPSA) is 35.2 Å². The lowest BCUT2D eigenvalue weighted by Crippen LogP contribution is -2.02. The highest BCUT2D eigenvalue weighted by molar-refractivity contribution is 9.10. The summed E-state index contributed by atoms with van der Waals surface area (Å²) in [5.41, 5.74) is 6.51. The molecule has 0 spiro atoms. The maximum absolute atomic E-state index is 6.05. The molecule has 2 rings (SSSR count). The van der Waals surface area contributed by atoms with Crippen LogP contribution < -0.4 is 10.5 Å². The van der Waals surface area contributed by atoms with Crippen molar-refractivity contribution in [1.29, 1.82) is 0 Å². The smallest absolute Gasteiger partial charge is 0.125 e. The molecule has 0 saturated heterocycles. The summed E-state index contributed by atoms with van der Waals surface area (Å²) in [5, 5.41) is 2.68. The molecular formula is C12H11BrClNOS. The van der Waals surface area contributed by atoms with E-state index in [0.717, 1.165) is 20.7 Å². The van der Waals surface area contributed by atoms with Crippen LogP contribution in [-0.4, -0.2) is 0 Å². The first kappa shape index (κ1) is 12.9. The Morgan fingerprint density at radius 3 is 2.88 bits per heavy atom. The Kier molecular flexibility index (Phi) is 4.45. The molecule has 1 aromatic carbocycles. The highest BCUT2D eigenvalue weighted by atomic mass is 79.9. The molecule has 2 N–H and O–H groups in total. The Hall–Kier alpha value is -0.550. The fourth-order valence-electron chi connectivity index (χ4n) is 1.45. The summed E-state index contributed by atoms with van der Waals surface area (Å²) in [5.74, 6) is 0.754. The predicted molar refractivity (Wildman–Crippen MR) is 75.7 cm³/mol. The standard InChI is InChI=1S/C12H11BrClNOS/c13-8-4-9(17-7-8)6-16-12-3-1-2-11(14)10(12)5-15/h1-4,7H,5-6,15H2. The molecule has 0 amide bonds. The molecule has 2 aromatic rings. The zero-order valence-electron chi connectivity index (χ0n) is 8.95. The van der Waals surface area contributed by atoms with Gasteiger partial charge in [-0.1, -0.05) is 17.7 Å². The third kappa shape index (κ3) is 3.22. The summed E-state index contributed by atoms with van der Waals surface area (Å²) in [6.45, 7) is 0.909. The normalized spacial score (nSPS) is 10.5. The molecule has 0 saturated carbocycles. The maximum atomic E-state index is 6.05. The molecule has 1 heterocycles. The number of nitrogens with two attached hydrogens (primary N) is 1. The van der Waals surface area contributed by atoms with Crippen LogP contribution in [0.15, 0.2) is 34.1 Å². The van der Waals surface area contributed by atoms with Gasteiger partial charge >= 0.3 is 0 Å². The summed E-state index contributed by atoms with van der Waals surface area (Å²) in [6, 6.07) is 7.60. The molecule has 1 aromatic heterocycles. The van der Waals surface area contributed by atoms with Crippen LogP contribution >= 0.6 is 38.9 Å².